The fourth-order valence-corrected chi connectivity index (χ4v) is 12.6. The molecule has 31 heteroatoms. The first kappa shape index (κ1) is 88.3. The normalized spacial score (nSPS) is 15.3. The third-order valence-electron chi connectivity index (χ3n) is 17.6. The minimum absolute atomic E-state index is 0.00448. The maximum atomic E-state index is 14.7. The molecule has 0 fully saturated rings. The molecule has 0 spiro atoms. The van der Waals surface area contributed by atoms with E-state index in [1.54, 1.807) is 68.0 Å². The average Bonchev–Trinajstić information content (AvgIpc) is 0.996. The van der Waals surface area contributed by atoms with Gasteiger partial charge in [-0.25, -0.2) is 17.9 Å². The zero-order chi connectivity index (χ0) is 76.4. The summed E-state index contributed by atoms with van der Waals surface area (Å²) in [6.45, 7) is 19.8. The zero-order valence-electron chi connectivity index (χ0n) is 62.2. The van der Waals surface area contributed by atoms with Gasteiger partial charge in [-0.15, -0.1) is 0 Å². The van der Waals surface area contributed by atoms with Crippen LogP contribution in [0, 0.1) is 29.6 Å². The molecule has 1 heterocycles. The van der Waals surface area contributed by atoms with Crippen molar-refractivity contribution in [1.29, 1.82) is 0 Å². The van der Waals surface area contributed by atoms with Crippen molar-refractivity contribution in [2.24, 2.45) is 35.3 Å². The van der Waals surface area contributed by atoms with Crippen LogP contribution >= 0.6 is 0 Å². The van der Waals surface area contributed by atoms with Crippen molar-refractivity contribution in [1.82, 2.24) is 50.9 Å². The summed E-state index contributed by atoms with van der Waals surface area (Å²) in [7, 11) is 3.51. The van der Waals surface area contributed by atoms with Gasteiger partial charge in [0, 0.05) is 71.6 Å². The van der Waals surface area contributed by atoms with Gasteiger partial charge in [-0.1, -0.05) is 112 Å². The van der Waals surface area contributed by atoms with Crippen molar-refractivity contribution >= 4 is 80.8 Å². The molecule has 1 aliphatic heterocycles. The summed E-state index contributed by atoms with van der Waals surface area (Å²) in [5.41, 5.74) is 5.92. The first-order valence-corrected chi connectivity index (χ1v) is 36.5. The first-order chi connectivity index (χ1) is 48.2. The molecule has 0 saturated carbocycles. The lowest BCUT2D eigenvalue weighted by atomic mass is 9.89. The molecule has 9 N–H and O–H groups in total. The van der Waals surface area contributed by atoms with E-state index in [1.165, 1.54) is 38.5 Å². The van der Waals surface area contributed by atoms with Gasteiger partial charge in [-0.2, -0.15) is 0 Å². The standard InChI is InChI=1S/C71H114N12O18S/c1-16-18-34-82(60(87)43-55(97-14)64(48(9)17-2)81(13)70(93)62(46(5)6)78-69(92)63(47(7)8)80(11)12)44-56(98-15)49(10)65(88)76-54(42-50-23-20-19-21-24-50)67(90)79-102(95,96)52-28-26-51(27-29-52)74-66(89)53(25-22-33-73-71(72)94)75-68(91)61(45(3)4)77-57(84)32-36-99-38-40-101-41-39-100-37-35-83-58(85)30-31-59(83)86/h19-21,23-24,26-31,45-49,53-56,61-64H,16-18,22,25,32-44H2,1-15H3,(H,74,89)(H,75,91)(H,76,88)(H,77,84)(H,78,92)(H,79,90)(H3,72,73,94)/t48-,49+,53-,54-,55+,56-,61-,62-,63-,64-/m0/s1. The Morgan fingerprint density at radius 1 is 0.627 bits per heavy atom. The molecule has 10 atom stereocenters. The third-order valence-corrected chi connectivity index (χ3v) is 19.0. The number of nitrogens with two attached hydrogens (primary N) is 1. The Bertz CT molecular complexity index is 3150. The number of likely N-dealkylation sites (N-methyl/N-ethyl adjacent to an activating group) is 2. The molecule has 0 radical (unpaired) electrons. The van der Waals surface area contributed by atoms with Gasteiger partial charge >= 0.3 is 6.03 Å². The Morgan fingerprint density at radius 3 is 1.75 bits per heavy atom. The van der Waals surface area contributed by atoms with E-state index in [-0.39, 0.29) is 139 Å². The maximum absolute atomic E-state index is 14.7. The predicted octanol–water partition coefficient (Wildman–Crippen LogP) is 2.88. The Labute approximate surface area is 602 Å². The number of hydrogen-bond acceptors (Lipinski definition) is 19. The van der Waals surface area contributed by atoms with Gasteiger partial charge < -0.3 is 71.1 Å². The van der Waals surface area contributed by atoms with Gasteiger partial charge in [0.1, 0.15) is 24.2 Å². The summed E-state index contributed by atoms with van der Waals surface area (Å²) in [5, 5.41) is 16.2. The minimum atomic E-state index is -4.67. The molecule has 0 unspecified atom stereocenters. The highest BCUT2D eigenvalue weighted by Crippen LogP contribution is 2.26. The second-order valence-electron chi connectivity index (χ2n) is 26.7. The Kier molecular flexibility index (Phi) is 39.1. The molecule has 30 nitrogen and oxygen atoms in total. The van der Waals surface area contributed by atoms with Gasteiger partial charge in [0.15, 0.2) is 0 Å². The van der Waals surface area contributed by atoms with Crippen molar-refractivity contribution in [2.45, 2.75) is 174 Å². The number of rotatable bonds is 49. The maximum Gasteiger partial charge on any atom is 0.312 e. The third kappa shape index (κ3) is 29.4. The first-order valence-electron chi connectivity index (χ1n) is 35.0. The Morgan fingerprint density at radius 2 is 1.21 bits per heavy atom. The second kappa shape index (κ2) is 45.2. The molecule has 572 valence electrons. The number of unbranched alkanes of at least 4 members (excludes halogenated alkanes) is 1. The summed E-state index contributed by atoms with van der Waals surface area (Å²) >= 11 is 0. The van der Waals surface area contributed by atoms with E-state index >= 15 is 0 Å². The van der Waals surface area contributed by atoms with E-state index in [2.05, 4.69) is 36.6 Å². The number of ether oxygens (including phenoxy) is 5. The Hall–Kier alpha value is -7.94. The number of anilines is 1. The van der Waals surface area contributed by atoms with E-state index < -0.39 is 123 Å². The van der Waals surface area contributed by atoms with Crippen molar-refractivity contribution in [3.63, 3.8) is 0 Å². The summed E-state index contributed by atoms with van der Waals surface area (Å²) in [6, 6.07) is 6.84. The zero-order valence-corrected chi connectivity index (χ0v) is 63.0. The summed E-state index contributed by atoms with van der Waals surface area (Å²) < 4.78 is 58.5. The fourth-order valence-electron chi connectivity index (χ4n) is 11.5. The number of sulfonamides is 1. The summed E-state index contributed by atoms with van der Waals surface area (Å²) in [4.78, 5) is 153. The van der Waals surface area contributed by atoms with E-state index in [0.29, 0.717) is 18.4 Å². The van der Waals surface area contributed by atoms with E-state index in [4.69, 9.17) is 29.4 Å². The van der Waals surface area contributed by atoms with Crippen LogP contribution in [0.25, 0.3) is 0 Å². The van der Waals surface area contributed by atoms with Gasteiger partial charge in [0.25, 0.3) is 27.7 Å². The number of carbonyl (C=O) groups is 11. The van der Waals surface area contributed by atoms with Gasteiger partial charge in [-0.3, -0.25) is 57.7 Å². The number of carbonyl (C=O) groups excluding carboxylic acids is 11. The minimum Gasteiger partial charge on any atom is -0.379 e. The van der Waals surface area contributed by atoms with Crippen LogP contribution in [0.4, 0.5) is 10.5 Å². The van der Waals surface area contributed by atoms with Crippen molar-refractivity contribution in [2.75, 3.05) is 106 Å². The number of imide groups is 1. The van der Waals surface area contributed by atoms with Crippen molar-refractivity contribution < 1.29 is 84.8 Å². The molecule has 2 aromatic rings. The van der Waals surface area contributed by atoms with Crippen LogP contribution in [0.1, 0.15) is 120 Å². The van der Waals surface area contributed by atoms with Gasteiger partial charge in [0.2, 0.25) is 41.4 Å². The summed E-state index contributed by atoms with van der Waals surface area (Å²) in [5.74, 6) is -7.36. The van der Waals surface area contributed by atoms with Gasteiger partial charge in [-0.05, 0) is 86.9 Å². The number of nitrogens with one attached hydrogen (secondary N) is 7. The predicted molar refractivity (Wildman–Crippen MR) is 383 cm³/mol. The van der Waals surface area contributed by atoms with E-state index in [0.717, 1.165) is 23.5 Å². The van der Waals surface area contributed by atoms with E-state index in [9.17, 15) is 61.2 Å². The highest BCUT2D eigenvalue weighted by molar-refractivity contribution is 7.90. The number of nitrogens with zero attached hydrogens (tertiary/aromatic N) is 4. The molecule has 0 aliphatic carbocycles. The largest absolute Gasteiger partial charge is 0.379 e. The number of primary amides is 1. The number of benzene rings is 2. The molecule has 0 aromatic heterocycles. The van der Waals surface area contributed by atoms with Gasteiger partial charge in [0.05, 0.1) is 87.7 Å². The highest BCUT2D eigenvalue weighted by Gasteiger charge is 2.41. The summed E-state index contributed by atoms with van der Waals surface area (Å²) in [6.07, 6.45) is 2.35. The Balaban J connectivity index is 1.74. The van der Waals surface area contributed by atoms with Crippen LogP contribution in [-0.4, -0.2) is 243 Å². The lowest BCUT2D eigenvalue weighted by molar-refractivity contribution is -0.147. The topological polar surface area (TPSA) is 391 Å². The second-order valence-corrected chi connectivity index (χ2v) is 28.4. The molecule has 102 heavy (non-hydrogen) atoms. The van der Waals surface area contributed by atoms with Crippen LogP contribution in [0.2, 0.25) is 0 Å². The van der Waals surface area contributed by atoms with Crippen molar-refractivity contribution in [3.8, 4) is 0 Å². The average molecular weight is 1460 g/mol. The molecule has 2 aromatic carbocycles. The number of amides is 12. The molecule has 0 bridgehead atoms. The molecular weight excluding hydrogens is 1340 g/mol. The number of methoxy groups -OCH3 is 2. The number of urea groups is 1. The molecule has 3 rings (SSSR count). The molecule has 12 amide bonds. The molecule has 1 aliphatic rings. The quantitative estimate of drug-likeness (QED) is 0.0349. The van der Waals surface area contributed by atoms with E-state index in [1.807, 2.05) is 67.5 Å². The lowest BCUT2D eigenvalue weighted by Crippen LogP contribution is -2.59. The fraction of sp³-hybridized carbons (Fsp3) is 0.648. The van der Waals surface area contributed by atoms with Crippen LogP contribution in [0.3, 0.4) is 0 Å². The van der Waals surface area contributed by atoms with Crippen LogP contribution in [0.5, 0.6) is 0 Å². The number of hydrogen-bond donors (Lipinski definition) is 8. The lowest BCUT2D eigenvalue weighted by Gasteiger charge is -2.41. The molecular formula is C71H114N12O18S. The van der Waals surface area contributed by atoms with Crippen LogP contribution in [0.15, 0.2) is 71.6 Å². The molecule has 0 saturated heterocycles. The van der Waals surface area contributed by atoms with Crippen LogP contribution in [-0.2, 0) is 88.1 Å². The monoisotopic (exact) mass is 1450 g/mol. The highest BCUT2D eigenvalue weighted by atomic mass is 32.2. The smallest absolute Gasteiger partial charge is 0.312 e. The van der Waals surface area contributed by atoms with Crippen molar-refractivity contribution in [3.05, 3.63) is 72.3 Å². The van der Waals surface area contributed by atoms with Crippen LogP contribution < -0.4 is 42.4 Å². The SMILES string of the molecule is CCCCN(C[C@H](OC)[C@@H](C)C(=O)N[C@@H](Cc1ccccc1)C(=O)NS(=O)(=O)c1ccc(NC(=O)[C@H](CCCNC(N)=O)NC(=O)[C@@H](NC(=O)CCOCCOCCOCCN2C(=O)C=CC2=O)C(C)C)cc1)C(=O)C[C@@H](OC)[C@H]([C@@H](C)CC)N(C)C(=O)[C@@H](NC(=O)[C@H](C(C)C)N(C)C)C(C)C.